The summed E-state index contributed by atoms with van der Waals surface area (Å²) in [6.45, 7) is 7.32. The van der Waals surface area contributed by atoms with Crippen LogP contribution in [0, 0.1) is 11.8 Å². The van der Waals surface area contributed by atoms with Crippen molar-refractivity contribution in [2.45, 2.75) is 52.5 Å². The Balaban J connectivity index is 1.94. The Kier molecular flexibility index (Phi) is 5.66. The Morgan fingerprint density at radius 2 is 1.76 bits per heavy atom. The fourth-order valence-corrected chi connectivity index (χ4v) is 3.32. The van der Waals surface area contributed by atoms with Crippen LogP contribution in [0.5, 0.6) is 0 Å². The Morgan fingerprint density at radius 3 is 2.33 bits per heavy atom. The molecule has 1 aliphatic rings. The van der Waals surface area contributed by atoms with Gasteiger partial charge in [-0.1, -0.05) is 32.4 Å². The minimum Gasteiger partial charge on any atom is -0.382 e. The summed E-state index contributed by atoms with van der Waals surface area (Å²) in [5, 5.41) is 6.52. The van der Waals surface area contributed by atoms with E-state index < -0.39 is 0 Å². The molecule has 2 N–H and O–H groups in total. The molecule has 0 aromatic heterocycles. The number of hydrogen-bond acceptors (Lipinski definition) is 2. The van der Waals surface area contributed by atoms with E-state index >= 15 is 0 Å². The van der Waals surface area contributed by atoms with Gasteiger partial charge < -0.3 is 10.6 Å². The van der Waals surface area contributed by atoms with Crippen molar-refractivity contribution in [2.75, 3.05) is 11.9 Å². The first-order chi connectivity index (χ1) is 10.1. The SMILES string of the molecule is CCNC(=O)Cc1ccc(NC2C(C)CCCC2C)cc1. The van der Waals surface area contributed by atoms with E-state index in [0.717, 1.165) is 17.4 Å². The molecule has 0 spiro atoms. The van der Waals surface area contributed by atoms with Gasteiger partial charge >= 0.3 is 0 Å². The molecule has 1 aromatic rings. The van der Waals surface area contributed by atoms with Gasteiger partial charge in [0.05, 0.1) is 6.42 Å². The molecule has 1 amide bonds. The summed E-state index contributed by atoms with van der Waals surface area (Å²) in [6.07, 6.45) is 4.45. The standard InChI is InChI=1S/C18H28N2O/c1-4-19-17(21)12-15-8-10-16(11-9-15)20-18-13(2)6-5-7-14(18)3/h8-11,13-14,18,20H,4-7,12H2,1-3H3,(H,19,21). The van der Waals surface area contributed by atoms with E-state index in [2.05, 4.69) is 48.7 Å². The number of rotatable bonds is 5. The Labute approximate surface area is 128 Å². The zero-order chi connectivity index (χ0) is 15.2. The van der Waals surface area contributed by atoms with Crippen molar-refractivity contribution < 1.29 is 4.79 Å². The molecule has 0 aliphatic heterocycles. The predicted molar refractivity (Wildman–Crippen MR) is 88.4 cm³/mol. The minimum atomic E-state index is 0.0905. The number of likely N-dealkylation sites (N-methyl/N-ethyl adjacent to an activating group) is 1. The van der Waals surface area contributed by atoms with Crippen molar-refractivity contribution in [1.82, 2.24) is 5.32 Å². The smallest absolute Gasteiger partial charge is 0.224 e. The molecule has 0 radical (unpaired) electrons. The number of carbonyl (C=O) groups is 1. The van der Waals surface area contributed by atoms with E-state index in [4.69, 9.17) is 0 Å². The molecule has 3 heteroatoms. The number of anilines is 1. The second-order valence-corrected chi connectivity index (χ2v) is 6.38. The van der Waals surface area contributed by atoms with Gasteiger partial charge in [-0.05, 0) is 49.3 Å². The quantitative estimate of drug-likeness (QED) is 0.869. The molecule has 2 atom stereocenters. The first kappa shape index (κ1) is 15.9. The average Bonchev–Trinajstić information content (AvgIpc) is 2.45. The highest BCUT2D eigenvalue weighted by atomic mass is 16.1. The molecular weight excluding hydrogens is 260 g/mol. The van der Waals surface area contributed by atoms with Gasteiger partial charge in [-0.15, -0.1) is 0 Å². The number of nitrogens with one attached hydrogen (secondary N) is 2. The van der Waals surface area contributed by atoms with Crippen LogP contribution in [-0.2, 0) is 11.2 Å². The summed E-state index contributed by atoms with van der Waals surface area (Å²) in [5.41, 5.74) is 2.23. The van der Waals surface area contributed by atoms with E-state index in [1.165, 1.54) is 24.9 Å². The number of amides is 1. The molecule has 1 fully saturated rings. The largest absolute Gasteiger partial charge is 0.382 e. The van der Waals surface area contributed by atoms with Crippen molar-refractivity contribution in [3.63, 3.8) is 0 Å². The summed E-state index contributed by atoms with van der Waals surface area (Å²) in [5.74, 6) is 1.54. The highest BCUT2D eigenvalue weighted by Gasteiger charge is 2.27. The molecule has 0 saturated heterocycles. The Bertz CT molecular complexity index is 445. The molecule has 1 aromatic carbocycles. The molecule has 1 aliphatic carbocycles. The van der Waals surface area contributed by atoms with Crippen molar-refractivity contribution in [3.05, 3.63) is 29.8 Å². The van der Waals surface area contributed by atoms with Crippen LogP contribution in [0.4, 0.5) is 5.69 Å². The van der Waals surface area contributed by atoms with Crippen LogP contribution < -0.4 is 10.6 Å². The van der Waals surface area contributed by atoms with Gasteiger partial charge in [0.2, 0.25) is 5.91 Å². The lowest BCUT2D eigenvalue weighted by Crippen LogP contribution is -2.37. The lowest BCUT2D eigenvalue weighted by Gasteiger charge is -2.36. The summed E-state index contributed by atoms with van der Waals surface area (Å²) < 4.78 is 0. The second kappa shape index (κ2) is 7.48. The van der Waals surface area contributed by atoms with Crippen LogP contribution in [0.25, 0.3) is 0 Å². The van der Waals surface area contributed by atoms with Gasteiger partial charge in [-0.2, -0.15) is 0 Å². The average molecular weight is 288 g/mol. The maximum atomic E-state index is 11.6. The number of hydrogen-bond donors (Lipinski definition) is 2. The minimum absolute atomic E-state index is 0.0905. The normalized spacial score (nSPS) is 25.4. The molecule has 21 heavy (non-hydrogen) atoms. The van der Waals surface area contributed by atoms with Crippen molar-refractivity contribution >= 4 is 11.6 Å². The van der Waals surface area contributed by atoms with Crippen LogP contribution in [0.2, 0.25) is 0 Å². The molecule has 2 unspecified atom stereocenters. The highest BCUT2D eigenvalue weighted by molar-refractivity contribution is 5.78. The Hall–Kier alpha value is -1.51. The molecule has 2 rings (SSSR count). The molecule has 0 heterocycles. The van der Waals surface area contributed by atoms with Crippen LogP contribution in [0.15, 0.2) is 24.3 Å². The van der Waals surface area contributed by atoms with Crippen LogP contribution in [0.3, 0.4) is 0 Å². The molecule has 116 valence electrons. The van der Waals surface area contributed by atoms with Crippen LogP contribution in [-0.4, -0.2) is 18.5 Å². The van der Waals surface area contributed by atoms with E-state index in [9.17, 15) is 4.79 Å². The van der Waals surface area contributed by atoms with E-state index in [1.807, 2.05) is 6.92 Å². The Morgan fingerprint density at radius 1 is 1.14 bits per heavy atom. The summed E-state index contributed by atoms with van der Waals surface area (Å²) in [6, 6.07) is 8.87. The first-order valence-electron chi connectivity index (χ1n) is 8.22. The van der Waals surface area contributed by atoms with Crippen LogP contribution >= 0.6 is 0 Å². The van der Waals surface area contributed by atoms with Crippen molar-refractivity contribution in [3.8, 4) is 0 Å². The lowest BCUT2D eigenvalue weighted by atomic mass is 9.78. The number of carbonyl (C=O) groups excluding carboxylic acids is 1. The maximum Gasteiger partial charge on any atom is 0.224 e. The van der Waals surface area contributed by atoms with E-state index in [-0.39, 0.29) is 5.91 Å². The third kappa shape index (κ3) is 4.48. The maximum absolute atomic E-state index is 11.6. The zero-order valence-corrected chi connectivity index (χ0v) is 13.5. The van der Waals surface area contributed by atoms with Crippen molar-refractivity contribution in [2.24, 2.45) is 11.8 Å². The fraction of sp³-hybridized carbons (Fsp3) is 0.611. The zero-order valence-electron chi connectivity index (χ0n) is 13.5. The van der Waals surface area contributed by atoms with Gasteiger partial charge in [-0.25, -0.2) is 0 Å². The van der Waals surface area contributed by atoms with Gasteiger partial charge in [0, 0.05) is 18.3 Å². The summed E-state index contributed by atoms with van der Waals surface area (Å²) >= 11 is 0. The molecule has 1 saturated carbocycles. The lowest BCUT2D eigenvalue weighted by molar-refractivity contribution is -0.120. The van der Waals surface area contributed by atoms with Gasteiger partial charge in [-0.3, -0.25) is 4.79 Å². The monoisotopic (exact) mass is 288 g/mol. The highest BCUT2D eigenvalue weighted by Crippen LogP contribution is 2.31. The second-order valence-electron chi connectivity index (χ2n) is 6.38. The molecule has 0 bridgehead atoms. The number of benzene rings is 1. The van der Waals surface area contributed by atoms with Gasteiger partial charge in [0.15, 0.2) is 0 Å². The molecule has 3 nitrogen and oxygen atoms in total. The first-order valence-corrected chi connectivity index (χ1v) is 8.22. The third-order valence-corrected chi connectivity index (χ3v) is 4.57. The van der Waals surface area contributed by atoms with Crippen LogP contribution in [0.1, 0.15) is 45.6 Å². The van der Waals surface area contributed by atoms with E-state index in [1.54, 1.807) is 0 Å². The van der Waals surface area contributed by atoms with Crippen molar-refractivity contribution in [1.29, 1.82) is 0 Å². The topological polar surface area (TPSA) is 41.1 Å². The van der Waals surface area contributed by atoms with E-state index in [0.29, 0.717) is 19.0 Å². The van der Waals surface area contributed by atoms with Gasteiger partial charge in [0.1, 0.15) is 0 Å². The fourth-order valence-electron chi connectivity index (χ4n) is 3.32. The summed E-state index contributed by atoms with van der Waals surface area (Å²) in [4.78, 5) is 11.6. The molecular formula is C18H28N2O. The third-order valence-electron chi connectivity index (χ3n) is 4.57. The summed E-state index contributed by atoms with van der Waals surface area (Å²) in [7, 11) is 0. The van der Waals surface area contributed by atoms with Gasteiger partial charge in [0.25, 0.3) is 0 Å². The predicted octanol–water partition coefficient (Wildman–Crippen LogP) is 3.60.